The van der Waals surface area contributed by atoms with Crippen molar-refractivity contribution >= 4 is 16.7 Å². The molecule has 156 valence electrons. The van der Waals surface area contributed by atoms with Crippen LogP contribution in [-0.4, -0.2) is 25.2 Å². The second-order valence-electron chi connectivity index (χ2n) is 7.10. The maximum atomic E-state index is 13.2. The van der Waals surface area contributed by atoms with Gasteiger partial charge in [-0.05, 0) is 41.1 Å². The van der Waals surface area contributed by atoms with E-state index in [-0.39, 0.29) is 11.7 Å². The number of rotatable bonds is 6. The van der Waals surface area contributed by atoms with Gasteiger partial charge in [-0.1, -0.05) is 54.6 Å². The molecular formula is C26H23NO4. The quantitative estimate of drug-likeness (QED) is 0.462. The van der Waals surface area contributed by atoms with E-state index in [2.05, 4.69) is 5.32 Å². The summed E-state index contributed by atoms with van der Waals surface area (Å²) in [5.74, 6) is 1.02. The summed E-state index contributed by atoms with van der Waals surface area (Å²) in [4.78, 5) is 13.2. The SMILES string of the molecule is COc1cccc(C(=O)NC(c2ccccc2OC)c2c(O)ccc3ccccc23)c1. The third-order valence-electron chi connectivity index (χ3n) is 5.29. The maximum Gasteiger partial charge on any atom is 0.252 e. The number of aromatic hydroxyl groups is 1. The lowest BCUT2D eigenvalue weighted by Crippen LogP contribution is -2.30. The van der Waals surface area contributed by atoms with Crippen LogP contribution in [0.5, 0.6) is 17.2 Å². The third kappa shape index (κ3) is 4.03. The Hall–Kier alpha value is -3.99. The molecule has 4 rings (SSSR count). The highest BCUT2D eigenvalue weighted by atomic mass is 16.5. The highest BCUT2D eigenvalue weighted by molar-refractivity contribution is 5.96. The van der Waals surface area contributed by atoms with Gasteiger partial charge in [0.2, 0.25) is 0 Å². The molecule has 31 heavy (non-hydrogen) atoms. The van der Waals surface area contributed by atoms with Crippen molar-refractivity contribution in [3.05, 3.63) is 102 Å². The van der Waals surface area contributed by atoms with Crippen molar-refractivity contribution in [3.63, 3.8) is 0 Å². The van der Waals surface area contributed by atoms with Crippen LogP contribution in [0.25, 0.3) is 10.8 Å². The first-order valence-electron chi connectivity index (χ1n) is 9.91. The van der Waals surface area contributed by atoms with Gasteiger partial charge in [-0.2, -0.15) is 0 Å². The molecule has 5 heteroatoms. The van der Waals surface area contributed by atoms with E-state index in [0.29, 0.717) is 22.6 Å². The number of phenols is 1. The second kappa shape index (κ2) is 8.79. The summed E-state index contributed by atoms with van der Waals surface area (Å²) in [7, 11) is 3.14. The Morgan fingerprint density at radius 1 is 0.871 bits per heavy atom. The first-order valence-corrected chi connectivity index (χ1v) is 9.91. The van der Waals surface area contributed by atoms with E-state index in [1.54, 1.807) is 44.6 Å². The van der Waals surface area contributed by atoms with Crippen molar-refractivity contribution in [2.75, 3.05) is 14.2 Å². The number of nitrogens with one attached hydrogen (secondary N) is 1. The minimum absolute atomic E-state index is 0.0977. The Morgan fingerprint density at radius 2 is 1.65 bits per heavy atom. The van der Waals surface area contributed by atoms with Crippen molar-refractivity contribution in [2.24, 2.45) is 0 Å². The number of ether oxygens (including phenoxy) is 2. The molecule has 0 saturated heterocycles. The molecule has 0 aliphatic carbocycles. The van der Waals surface area contributed by atoms with Gasteiger partial charge in [0.05, 0.1) is 20.3 Å². The zero-order valence-corrected chi connectivity index (χ0v) is 17.3. The van der Waals surface area contributed by atoms with Crippen LogP contribution in [0.1, 0.15) is 27.5 Å². The zero-order valence-electron chi connectivity index (χ0n) is 17.3. The number of fused-ring (bicyclic) bond motifs is 1. The van der Waals surface area contributed by atoms with Gasteiger partial charge in [0.25, 0.3) is 5.91 Å². The Kier molecular flexibility index (Phi) is 5.76. The summed E-state index contributed by atoms with van der Waals surface area (Å²) in [5.41, 5.74) is 1.81. The van der Waals surface area contributed by atoms with Crippen LogP contribution in [0, 0.1) is 0 Å². The van der Waals surface area contributed by atoms with E-state index in [4.69, 9.17) is 9.47 Å². The Morgan fingerprint density at radius 3 is 2.45 bits per heavy atom. The molecule has 0 aromatic heterocycles. The molecular weight excluding hydrogens is 390 g/mol. The first kappa shape index (κ1) is 20.3. The van der Waals surface area contributed by atoms with Gasteiger partial charge in [-0.3, -0.25) is 4.79 Å². The van der Waals surface area contributed by atoms with Gasteiger partial charge in [-0.25, -0.2) is 0 Å². The van der Waals surface area contributed by atoms with Crippen LogP contribution < -0.4 is 14.8 Å². The van der Waals surface area contributed by atoms with Crippen molar-refractivity contribution in [2.45, 2.75) is 6.04 Å². The number of amides is 1. The third-order valence-corrected chi connectivity index (χ3v) is 5.29. The molecule has 0 saturated carbocycles. The number of para-hydroxylation sites is 1. The molecule has 5 nitrogen and oxygen atoms in total. The fourth-order valence-electron chi connectivity index (χ4n) is 3.78. The lowest BCUT2D eigenvalue weighted by atomic mass is 9.92. The second-order valence-corrected chi connectivity index (χ2v) is 7.10. The monoisotopic (exact) mass is 413 g/mol. The largest absolute Gasteiger partial charge is 0.508 e. The maximum absolute atomic E-state index is 13.2. The number of hydrogen-bond acceptors (Lipinski definition) is 4. The average molecular weight is 413 g/mol. The Balaban J connectivity index is 1.87. The number of carbonyl (C=O) groups is 1. The molecule has 0 heterocycles. The summed E-state index contributed by atoms with van der Waals surface area (Å²) >= 11 is 0. The summed E-state index contributed by atoms with van der Waals surface area (Å²) in [6.45, 7) is 0. The molecule has 1 atom stereocenters. The van der Waals surface area contributed by atoms with Crippen LogP contribution in [0.15, 0.2) is 84.9 Å². The average Bonchev–Trinajstić information content (AvgIpc) is 2.82. The standard InChI is InChI=1S/C26H23NO4/c1-30-19-10-7-9-18(16-19)26(29)27-25(21-12-5-6-13-23(21)31-2)24-20-11-4-3-8-17(20)14-15-22(24)28/h3-16,25,28H,1-2H3,(H,27,29). The van der Waals surface area contributed by atoms with Crippen LogP contribution in [0.2, 0.25) is 0 Å². The first-order chi connectivity index (χ1) is 15.1. The number of phenolic OH excluding ortho intramolecular Hbond substituents is 1. The van der Waals surface area contributed by atoms with Crippen LogP contribution in [0.3, 0.4) is 0 Å². The Bertz CT molecular complexity index is 1230. The van der Waals surface area contributed by atoms with Gasteiger partial charge in [0.15, 0.2) is 0 Å². The van der Waals surface area contributed by atoms with Gasteiger partial charge in [0.1, 0.15) is 17.2 Å². The zero-order chi connectivity index (χ0) is 21.8. The molecule has 2 N–H and O–H groups in total. The normalized spacial score (nSPS) is 11.7. The fourth-order valence-corrected chi connectivity index (χ4v) is 3.78. The minimum Gasteiger partial charge on any atom is -0.508 e. The molecule has 0 aliphatic heterocycles. The summed E-state index contributed by atoms with van der Waals surface area (Å²) in [6.07, 6.45) is 0. The fraction of sp³-hybridized carbons (Fsp3) is 0.115. The molecule has 0 bridgehead atoms. The van der Waals surface area contributed by atoms with Crippen molar-refractivity contribution in [1.82, 2.24) is 5.32 Å². The summed E-state index contributed by atoms with van der Waals surface area (Å²) < 4.78 is 10.8. The summed E-state index contributed by atoms with van der Waals surface area (Å²) in [5, 5.41) is 15.8. The number of hydrogen-bond donors (Lipinski definition) is 2. The predicted octanol–water partition coefficient (Wildman–Crippen LogP) is 5.08. The van der Waals surface area contributed by atoms with Crippen LogP contribution in [0.4, 0.5) is 0 Å². The van der Waals surface area contributed by atoms with E-state index in [9.17, 15) is 9.90 Å². The molecule has 0 fully saturated rings. The number of methoxy groups -OCH3 is 2. The van der Waals surface area contributed by atoms with E-state index < -0.39 is 6.04 Å². The van der Waals surface area contributed by atoms with Crippen molar-refractivity contribution in [1.29, 1.82) is 0 Å². The van der Waals surface area contributed by atoms with E-state index in [0.717, 1.165) is 16.3 Å². The van der Waals surface area contributed by atoms with Gasteiger partial charge in [-0.15, -0.1) is 0 Å². The van der Waals surface area contributed by atoms with E-state index in [1.807, 2.05) is 54.6 Å². The van der Waals surface area contributed by atoms with Gasteiger partial charge in [0, 0.05) is 16.7 Å². The highest BCUT2D eigenvalue weighted by Crippen LogP contribution is 2.39. The predicted molar refractivity (Wildman–Crippen MR) is 121 cm³/mol. The number of benzene rings is 4. The molecule has 0 spiro atoms. The van der Waals surface area contributed by atoms with Crippen LogP contribution >= 0.6 is 0 Å². The highest BCUT2D eigenvalue weighted by Gasteiger charge is 2.25. The van der Waals surface area contributed by atoms with Crippen molar-refractivity contribution in [3.8, 4) is 17.2 Å². The van der Waals surface area contributed by atoms with Crippen molar-refractivity contribution < 1.29 is 19.4 Å². The molecule has 1 unspecified atom stereocenters. The molecule has 4 aromatic carbocycles. The summed E-state index contributed by atoms with van der Waals surface area (Å²) in [6, 6.07) is 25.0. The lowest BCUT2D eigenvalue weighted by Gasteiger charge is -2.24. The smallest absolute Gasteiger partial charge is 0.252 e. The number of carbonyl (C=O) groups excluding carboxylic acids is 1. The molecule has 1 amide bonds. The van der Waals surface area contributed by atoms with E-state index in [1.165, 1.54) is 0 Å². The lowest BCUT2D eigenvalue weighted by molar-refractivity contribution is 0.0942. The molecule has 0 aliphatic rings. The Labute approximate surface area is 180 Å². The molecule has 0 radical (unpaired) electrons. The van der Waals surface area contributed by atoms with Gasteiger partial charge >= 0.3 is 0 Å². The minimum atomic E-state index is -0.638. The van der Waals surface area contributed by atoms with Crippen LogP contribution in [-0.2, 0) is 0 Å². The van der Waals surface area contributed by atoms with Gasteiger partial charge < -0.3 is 19.9 Å². The van der Waals surface area contributed by atoms with E-state index >= 15 is 0 Å². The molecule has 4 aromatic rings. The topological polar surface area (TPSA) is 67.8 Å².